The highest BCUT2D eigenvalue weighted by Crippen LogP contribution is 2.19. The number of amides is 1. The molecule has 0 heterocycles. The second kappa shape index (κ2) is 5.98. The van der Waals surface area contributed by atoms with Crippen LogP contribution < -0.4 is 0 Å². The van der Waals surface area contributed by atoms with E-state index in [2.05, 4.69) is 15.9 Å². The number of methoxy groups -OCH3 is 1. The van der Waals surface area contributed by atoms with Crippen LogP contribution in [0.5, 0.6) is 0 Å². The van der Waals surface area contributed by atoms with Crippen LogP contribution in [-0.4, -0.2) is 32.2 Å². The molecule has 1 aromatic rings. The average Bonchev–Trinajstić information content (AvgIpc) is 2.30. The van der Waals surface area contributed by atoms with Crippen molar-refractivity contribution in [1.82, 2.24) is 5.06 Å². The van der Waals surface area contributed by atoms with Gasteiger partial charge in [-0.1, -0.05) is 15.9 Å². The Morgan fingerprint density at radius 1 is 1.44 bits per heavy atom. The van der Waals surface area contributed by atoms with Gasteiger partial charge in [0.25, 0.3) is 5.91 Å². The second-order valence-electron chi connectivity index (χ2n) is 3.22. The first-order valence-electron chi connectivity index (χ1n) is 4.69. The van der Waals surface area contributed by atoms with Gasteiger partial charge in [0, 0.05) is 24.2 Å². The molecule has 0 aliphatic heterocycles. The molecule has 4 nitrogen and oxygen atoms in total. The number of hydrogen-bond donors (Lipinski definition) is 0. The first-order valence-corrected chi connectivity index (χ1v) is 5.49. The maximum atomic E-state index is 11.8. The van der Waals surface area contributed by atoms with E-state index in [1.165, 1.54) is 12.2 Å². The van der Waals surface area contributed by atoms with E-state index >= 15 is 0 Å². The predicted octanol–water partition coefficient (Wildman–Crippen LogP) is 2.23. The molecule has 88 valence electrons. The molecule has 0 N–H and O–H groups in total. The van der Waals surface area contributed by atoms with Crippen LogP contribution >= 0.6 is 15.9 Å². The highest BCUT2D eigenvalue weighted by molar-refractivity contribution is 9.10. The molecular formula is C11H14BrNO3. The molecule has 1 amide bonds. The Labute approximate surface area is 103 Å². The number of halogens is 1. The van der Waals surface area contributed by atoms with Crippen LogP contribution in [0.4, 0.5) is 0 Å². The van der Waals surface area contributed by atoms with Gasteiger partial charge in [0.05, 0.1) is 13.7 Å². The molecule has 5 heteroatoms. The molecule has 0 fully saturated rings. The number of ether oxygens (including phenoxy) is 1. The van der Waals surface area contributed by atoms with Gasteiger partial charge in [-0.05, 0) is 23.8 Å². The molecule has 0 aromatic heterocycles. The minimum absolute atomic E-state index is 0.188. The quantitative estimate of drug-likeness (QED) is 0.797. The largest absolute Gasteiger partial charge is 0.380 e. The molecule has 0 aliphatic carbocycles. The number of rotatable bonds is 4. The van der Waals surface area contributed by atoms with Crippen LogP contribution in [-0.2, 0) is 16.2 Å². The van der Waals surface area contributed by atoms with Crippen molar-refractivity contribution in [2.45, 2.75) is 6.61 Å². The van der Waals surface area contributed by atoms with Crippen molar-refractivity contribution >= 4 is 21.8 Å². The van der Waals surface area contributed by atoms with E-state index in [-0.39, 0.29) is 5.91 Å². The summed E-state index contributed by atoms with van der Waals surface area (Å²) in [7, 11) is 4.63. The highest BCUT2D eigenvalue weighted by Gasteiger charge is 2.12. The minimum atomic E-state index is -0.188. The SMILES string of the molecule is COCc1cc(C(=O)N(C)OC)ccc1Br. The summed E-state index contributed by atoms with van der Waals surface area (Å²) in [5, 5.41) is 1.18. The number of hydroxylamine groups is 2. The Kier molecular flexibility index (Phi) is 4.92. The Morgan fingerprint density at radius 3 is 2.69 bits per heavy atom. The maximum Gasteiger partial charge on any atom is 0.277 e. The lowest BCUT2D eigenvalue weighted by molar-refractivity contribution is -0.0757. The van der Waals surface area contributed by atoms with Gasteiger partial charge < -0.3 is 4.74 Å². The Balaban J connectivity index is 2.98. The molecule has 1 rings (SSSR count). The van der Waals surface area contributed by atoms with E-state index in [0.717, 1.165) is 10.0 Å². The fourth-order valence-electron chi connectivity index (χ4n) is 1.24. The normalized spacial score (nSPS) is 10.2. The van der Waals surface area contributed by atoms with Crippen molar-refractivity contribution in [2.24, 2.45) is 0 Å². The van der Waals surface area contributed by atoms with Gasteiger partial charge in [0.1, 0.15) is 0 Å². The topological polar surface area (TPSA) is 38.8 Å². The third-order valence-electron chi connectivity index (χ3n) is 2.15. The van der Waals surface area contributed by atoms with Crippen molar-refractivity contribution in [2.75, 3.05) is 21.3 Å². The molecule has 0 saturated carbocycles. The summed E-state index contributed by atoms with van der Waals surface area (Å²) < 4.78 is 5.97. The predicted molar refractivity (Wildman–Crippen MR) is 64.0 cm³/mol. The summed E-state index contributed by atoms with van der Waals surface area (Å²) in [6.45, 7) is 0.457. The average molecular weight is 288 g/mol. The zero-order valence-electron chi connectivity index (χ0n) is 9.49. The Morgan fingerprint density at radius 2 is 2.12 bits per heavy atom. The Bertz CT molecular complexity index is 381. The summed E-state index contributed by atoms with van der Waals surface area (Å²) in [6.07, 6.45) is 0. The van der Waals surface area contributed by atoms with Crippen LogP contribution in [0.3, 0.4) is 0 Å². The number of nitrogens with zero attached hydrogens (tertiary/aromatic N) is 1. The summed E-state index contributed by atoms with van der Waals surface area (Å²) in [4.78, 5) is 16.6. The molecule has 0 saturated heterocycles. The summed E-state index contributed by atoms with van der Waals surface area (Å²) in [5.74, 6) is -0.188. The van der Waals surface area contributed by atoms with Gasteiger partial charge in [-0.2, -0.15) is 0 Å². The lowest BCUT2D eigenvalue weighted by Gasteiger charge is -2.14. The van der Waals surface area contributed by atoms with Gasteiger partial charge in [0.15, 0.2) is 0 Å². The van der Waals surface area contributed by atoms with Gasteiger partial charge in [-0.15, -0.1) is 0 Å². The zero-order valence-corrected chi connectivity index (χ0v) is 11.1. The molecule has 0 unspecified atom stereocenters. The van der Waals surface area contributed by atoms with Gasteiger partial charge in [-0.3, -0.25) is 9.63 Å². The first-order chi connectivity index (χ1) is 7.60. The lowest BCUT2D eigenvalue weighted by atomic mass is 10.1. The second-order valence-corrected chi connectivity index (χ2v) is 4.08. The number of carbonyl (C=O) groups is 1. The molecule has 0 bridgehead atoms. The lowest BCUT2D eigenvalue weighted by Crippen LogP contribution is -2.25. The van der Waals surface area contributed by atoms with Crippen molar-refractivity contribution in [1.29, 1.82) is 0 Å². The molecule has 0 aliphatic rings. The zero-order chi connectivity index (χ0) is 12.1. The molecule has 0 atom stereocenters. The van der Waals surface area contributed by atoms with Crippen LogP contribution in [0.1, 0.15) is 15.9 Å². The smallest absolute Gasteiger partial charge is 0.277 e. The highest BCUT2D eigenvalue weighted by atomic mass is 79.9. The Hall–Kier alpha value is -0.910. The fourth-order valence-corrected chi connectivity index (χ4v) is 1.60. The van der Waals surface area contributed by atoms with Crippen molar-refractivity contribution in [3.8, 4) is 0 Å². The van der Waals surface area contributed by atoms with Crippen molar-refractivity contribution in [3.63, 3.8) is 0 Å². The summed E-state index contributed by atoms with van der Waals surface area (Å²) in [6, 6.07) is 5.34. The molecule has 0 radical (unpaired) electrons. The van der Waals surface area contributed by atoms with Crippen LogP contribution in [0, 0.1) is 0 Å². The maximum absolute atomic E-state index is 11.8. The van der Waals surface area contributed by atoms with Crippen LogP contribution in [0.25, 0.3) is 0 Å². The van der Waals surface area contributed by atoms with Crippen molar-refractivity contribution in [3.05, 3.63) is 33.8 Å². The first kappa shape index (κ1) is 13.2. The number of benzene rings is 1. The van der Waals surface area contributed by atoms with E-state index in [9.17, 15) is 4.79 Å². The van der Waals surface area contributed by atoms with E-state index in [0.29, 0.717) is 12.2 Å². The minimum Gasteiger partial charge on any atom is -0.380 e. The van der Waals surface area contributed by atoms with E-state index in [1.807, 2.05) is 6.07 Å². The molecule has 1 aromatic carbocycles. The molecular weight excluding hydrogens is 274 g/mol. The van der Waals surface area contributed by atoms with Crippen molar-refractivity contribution < 1.29 is 14.4 Å². The molecule has 0 spiro atoms. The standard InChI is InChI=1S/C11H14BrNO3/c1-13(16-3)11(14)8-4-5-10(12)9(6-8)7-15-2/h4-6H,7H2,1-3H3. The number of carbonyl (C=O) groups excluding carboxylic acids is 1. The third-order valence-corrected chi connectivity index (χ3v) is 2.93. The monoisotopic (exact) mass is 287 g/mol. The van der Waals surface area contributed by atoms with Gasteiger partial charge >= 0.3 is 0 Å². The number of hydrogen-bond acceptors (Lipinski definition) is 3. The van der Waals surface area contributed by atoms with Gasteiger partial charge in [0.2, 0.25) is 0 Å². The van der Waals surface area contributed by atoms with E-state index in [1.54, 1.807) is 26.3 Å². The summed E-state index contributed by atoms with van der Waals surface area (Å²) in [5.41, 5.74) is 1.50. The fraction of sp³-hybridized carbons (Fsp3) is 0.364. The summed E-state index contributed by atoms with van der Waals surface area (Å²) >= 11 is 3.40. The third kappa shape index (κ3) is 3.04. The van der Waals surface area contributed by atoms with E-state index < -0.39 is 0 Å². The van der Waals surface area contributed by atoms with E-state index in [4.69, 9.17) is 9.57 Å². The van der Waals surface area contributed by atoms with Gasteiger partial charge in [-0.25, -0.2) is 5.06 Å². The van der Waals surface area contributed by atoms with Crippen LogP contribution in [0.15, 0.2) is 22.7 Å². The van der Waals surface area contributed by atoms with Crippen LogP contribution in [0.2, 0.25) is 0 Å². The molecule has 16 heavy (non-hydrogen) atoms.